The highest BCUT2D eigenvalue weighted by atomic mass is 16.6. The predicted molar refractivity (Wildman–Crippen MR) is 73.4 cm³/mol. The molecule has 1 rings (SSSR count). The number of carboxylic acids is 1. The van der Waals surface area contributed by atoms with E-state index in [1.807, 2.05) is 0 Å². The van der Waals surface area contributed by atoms with Crippen molar-refractivity contribution in [3.63, 3.8) is 0 Å². The van der Waals surface area contributed by atoms with Crippen molar-refractivity contribution in [3.8, 4) is 0 Å². The predicted octanol–water partition coefficient (Wildman–Crippen LogP) is 1.06. The molecule has 0 spiro atoms. The molecule has 1 aliphatic rings. The second-order valence-corrected chi connectivity index (χ2v) is 5.71. The second kappa shape index (κ2) is 7.40. The van der Waals surface area contributed by atoms with Crippen molar-refractivity contribution >= 4 is 11.9 Å². The van der Waals surface area contributed by atoms with E-state index in [9.17, 15) is 9.59 Å². The first-order chi connectivity index (χ1) is 9.28. The van der Waals surface area contributed by atoms with E-state index in [1.54, 1.807) is 20.8 Å². The van der Waals surface area contributed by atoms with Gasteiger partial charge in [-0.15, -0.1) is 0 Å². The molecule has 1 aliphatic heterocycles. The third-order valence-electron chi connectivity index (χ3n) is 2.76. The molecule has 0 saturated carbocycles. The lowest BCUT2D eigenvalue weighted by Crippen LogP contribution is -2.37. The Bertz CT molecular complexity index is 378. The van der Waals surface area contributed by atoms with Gasteiger partial charge in [0.15, 0.2) is 0 Å². The Morgan fingerprint density at radius 2 is 1.90 bits per heavy atom. The quantitative estimate of drug-likeness (QED) is 0.601. The maximum Gasteiger partial charge on any atom is 0.334 e. The van der Waals surface area contributed by atoms with Gasteiger partial charge in [-0.05, 0) is 27.2 Å². The molecule has 0 unspecified atom stereocenters. The van der Waals surface area contributed by atoms with Gasteiger partial charge in [0.2, 0.25) is 0 Å². The molecule has 0 aromatic rings. The van der Waals surface area contributed by atoms with E-state index in [1.165, 1.54) is 0 Å². The average molecular weight is 285 g/mol. The van der Waals surface area contributed by atoms with E-state index in [0.29, 0.717) is 26.2 Å². The van der Waals surface area contributed by atoms with E-state index >= 15 is 0 Å². The molecule has 0 radical (unpaired) electrons. The highest BCUT2D eigenvalue weighted by molar-refractivity contribution is 5.95. The fraction of sp³-hybridized carbons (Fsp3) is 0.714. The zero-order valence-electron chi connectivity index (χ0n) is 12.3. The van der Waals surface area contributed by atoms with Crippen molar-refractivity contribution in [2.75, 3.05) is 32.8 Å². The SMILES string of the molecule is CC(C)(C)OC(=O)/C(=C/C(=O)O)CCN1CCOCC1. The molecule has 0 aromatic heterocycles. The minimum atomic E-state index is -1.13. The minimum Gasteiger partial charge on any atom is -0.478 e. The van der Waals surface area contributed by atoms with Gasteiger partial charge in [-0.1, -0.05) is 0 Å². The Balaban J connectivity index is 2.60. The smallest absolute Gasteiger partial charge is 0.334 e. The number of carbonyl (C=O) groups excluding carboxylic acids is 1. The fourth-order valence-electron chi connectivity index (χ4n) is 1.83. The van der Waals surface area contributed by atoms with Crippen LogP contribution in [0.4, 0.5) is 0 Å². The number of esters is 1. The Morgan fingerprint density at radius 3 is 2.40 bits per heavy atom. The number of rotatable bonds is 5. The van der Waals surface area contributed by atoms with Crippen molar-refractivity contribution in [2.24, 2.45) is 0 Å². The van der Waals surface area contributed by atoms with Crippen LogP contribution in [0.2, 0.25) is 0 Å². The number of ether oxygens (including phenoxy) is 2. The van der Waals surface area contributed by atoms with Crippen molar-refractivity contribution in [1.82, 2.24) is 4.90 Å². The Morgan fingerprint density at radius 1 is 1.30 bits per heavy atom. The van der Waals surface area contributed by atoms with Gasteiger partial charge >= 0.3 is 11.9 Å². The molecule has 1 N–H and O–H groups in total. The Hall–Kier alpha value is -1.40. The van der Waals surface area contributed by atoms with Gasteiger partial charge in [0, 0.05) is 31.3 Å². The lowest BCUT2D eigenvalue weighted by Gasteiger charge is -2.27. The zero-order valence-corrected chi connectivity index (χ0v) is 12.3. The zero-order chi connectivity index (χ0) is 15.2. The van der Waals surface area contributed by atoms with Crippen molar-refractivity contribution in [2.45, 2.75) is 32.8 Å². The van der Waals surface area contributed by atoms with E-state index in [4.69, 9.17) is 14.6 Å². The van der Waals surface area contributed by atoms with Gasteiger partial charge in [0.1, 0.15) is 5.60 Å². The maximum atomic E-state index is 12.0. The number of nitrogens with zero attached hydrogens (tertiary/aromatic N) is 1. The van der Waals surface area contributed by atoms with Crippen molar-refractivity contribution < 1.29 is 24.2 Å². The summed E-state index contributed by atoms with van der Waals surface area (Å²) < 4.78 is 10.5. The number of hydrogen-bond donors (Lipinski definition) is 1. The molecule has 0 bridgehead atoms. The summed E-state index contributed by atoms with van der Waals surface area (Å²) in [5, 5.41) is 8.85. The van der Waals surface area contributed by atoms with Crippen molar-refractivity contribution in [3.05, 3.63) is 11.6 Å². The van der Waals surface area contributed by atoms with Crippen molar-refractivity contribution in [1.29, 1.82) is 0 Å². The molecule has 20 heavy (non-hydrogen) atoms. The van der Waals surface area contributed by atoms with Crippen LogP contribution < -0.4 is 0 Å². The minimum absolute atomic E-state index is 0.193. The molecule has 6 nitrogen and oxygen atoms in total. The molecule has 114 valence electrons. The number of carbonyl (C=O) groups is 2. The van der Waals surface area contributed by atoms with E-state index in [-0.39, 0.29) is 5.57 Å². The molecule has 0 atom stereocenters. The number of hydrogen-bond acceptors (Lipinski definition) is 5. The lowest BCUT2D eigenvalue weighted by molar-refractivity contribution is -0.150. The number of aliphatic carboxylic acids is 1. The third-order valence-corrected chi connectivity index (χ3v) is 2.76. The fourth-order valence-corrected chi connectivity index (χ4v) is 1.83. The highest BCUT2D eigenvalue weighted by Crippen LogP contribution is 2.14. The first kappa shape index (κ1) is 16.7. The Labute approximate surface area is 119 Å². The van der Waals surface area contributed by atoms with Gasteiger partial charge in [-0.3, -0.25) is 4.90 Å². The van der Waals surface area contributed by atoms with E-state index in [2.05, 4.69) is 4.90 Å². The third kappa shape index (κ3) is 6.68. The van der Waals surface area contributed by atoms with Gasteiger partial charge in [-0.25, -0.2) is 9.59 Å². The van der Waals surface area contributed by atoms with Crippen LogP contribution in [0.1, 0.15) is 27.2 Å². The second-order valence-electron chi connectivity index (χ2n) is 5.71. The molecule has 1 saturated heterocycles. The van der Waals surface area contributed by atoms with Crippen LogP contribution in [-0.2, 0) is 19.1 Å². The summed E-state index contributed by atoms with van der Waals surface area (Å²) in [5.41, 5.74) is -0.438. The Kier molecular flexibility index (Phi) is 6.16. The summed E-state index contributed by atoms with van der Waals surface area (Å²) in [7, 11) is 0. The number of carboxylic acid groups (broad SMARTS) is 1. The molecule has 6 heteroatoms. The van der Waals surface area contributed by atoms with Gasteiger partial charge in [0.05, 0.1) is 13.2 Å². The monoisotopic (exact) mass is 285 g/mol. The molecule has 0 amide bonds. The van der Waals surface area contributed by atoms with E-state index in [0.717, 1.165) is 19.2 Å². The van der Waals surface area contributed by atoms with Gasteiger partial charge < -0.3 is 14.6 Å². The molecule has 0 aromatic carbocycles. The highest BCUT2D eigenvalue weighted by Gasteiger charge is 2.21. The summed E-state index contributed by atoms with van der Waals surface area (Å²) in [6.45, 7) is 8.83. The summed E-state index contributed by atoms with van der Waals surface area (Å²) in [6, 6.07) is 0. The normalized spacial score (nSPS) is 17.9. The summed E-state index contributed by atoms with van der Waals surface area (Å²) >= 11 is 0. The van der Waals surface area contributed by atoms with Crippen LogP contribution >= 0.6 is 0 Å². The standard InChI is InChI=1S/C14H23NO5/c1-14(2,3)20-13(18)11(10-12(16)17)4-5-15-6-8-19-9-7-15/h10H,4-9H2,1-3H3,(H,16,17)/b11-10+. The summed E-state index contributed by atoms with van der Waals surface area (Å²) in [5.74, 6) is -1.69. The van der Waals surface area contributed by atoms with Crippen LogP contribution in [0.5, 0.6) is 0 Å². The number of morpholine rings is 1. The first-order valence-electron chi connectivity index (χ1n) is 6.75. The maximum absolute atomic E-state index is 12.0. The van der Waals surface area contributed by atoms with Crippen LogP contribution in [0.25, 0.3) is 0 Å². The molecular weight excluding hydrogens is 262 g/mol. The average Bonchev–Trinajstić information content (AvgIpc) is 2.33. The van der Waals surface area contributed by atoms with Crippen LogP contribution in [0, 0.1) is 0 Å². The topological polar surface area (TPSA) is 76.1 Å². The van der Waals surface area contributed by atoms with Gasteiger partial charge in [-0.2, -0.15) is 0 Å². The summed E-state index contributed by atoms with van der Waals surface area (Å²) in [4.78, 5) is 24.9. The molecule has 1 fully saturated rings. The van der Waals surface area contributed by atoms with Crippen LogP contribution in [-0.4, -0.2) is 60.4 Å². The van der Waals surface area contributed by atoms with Crippen LogP contribution in [0.15, 0.2) is 11.6 Å². The molecule has 0 aliphatic carbocycles. The largest absolute Gasteiger partial charge is 0.478 e. The van der Waals surface area contributed by atoms with Gasteiger partial charge in [0.25, 0.3) is 0 Å². The summed E-state index contributed by atoms with van der Waals surface area (Å²) in [6.07, 6.45) is 1.30. The molecule has 1 heterocycles. The lowest BCUT2D eigenvalue weighted by atomic mass is 10.1. The van der Waals surface area contributed by atoms with E-state index < -0.39 is 17.5 Å². The molecular formula is C14H23NO5. The van der Waals surface area contributed by atoms with Crippen LogP contribution in [0.3, 0.4) is 0 Å². The first-order valence-corrected chi connectivity index (χ1v) is 6.75.